The van der Waals surface area contributed by atoms with Gasteiger partial charge in [0.05, 0.1) is 12.6 Å². The molecule has 0 amide bonds. The van der Waals surface area contributed by atoms with E-state index in [1.165, 1.54) is 5.56 Å². The molecule has 3 nitrogen and oxygen atoms in total. The van der Waals surface area contributed by atoms with Crippen molar-refractivity contribution in [2.45, 2.75) is 58.0 Å². The van der Waals surface area contributed by atoms with Crippen LogP contribution in [0.5, 0.6) is 0 Å². The molecule has 138 valence electrons. The second-order valence-electron chi connectivity index (χ2n) is 8.59. The van der Waals surface area contributed by atoms with Crippen LogP contribution in [0.25, 0.3) is 11.1 Å². The molecule has 2 aromatic rings. The highest BCUT2D eigenvalue weighted by molar-refractivity contribution is 5.90. The van der Waals surface area contributed by atoms with E-state index >= 15 is 0 Å². The van der Waals surface area contributed by atoms with Crippen molar-refractivity contribution in [3.63, 3.8) is 0 Å². The molecule has 3 rings (SSSR count). The minimum absolute atomic E-state index is 0.0230. The van der Waals surface area contributed by atoms with Gasteiger partial charge in [-0.1, -0.05) is 52.0 Å². The standard InChI is InChI=1S/C23H28O3/c1-22(2)10-11-23(3,4)20-18(12-16(21(24)25)13-19(20)22)17-9-7-6-8-15(17)14-26-5/h6-9,12-13H,10-11,14H2,1-5H3,(H,24,25)/p-1. The number of carbonyl (C=O) groups is 1. The smallest absolute Gasteiger partial charge is 0.0719 e. The summed E-state index contributed by atoms with van der Waals surface area (Å²) in [5.41, 5.74) is 5.63. The number of rotatable bonds is 4. The molecule has 0 aliphatic heterocycles. The molecular weight excluding hydrogens is 324 g/mol. The van der Waals surface area contributed by atoms with E-state index in [1.54, 1.807) is 13.2 Å². The van der Waals surface area contributed by atoms with Crippen molar-refractivity contribution >= 4 is 5.97 Å². The lowest BCUT2D eigenvalue weighted by Gasteiger charge is -2.43. The van der Waals surface area contributed by atoms with Crippen LogP contribution in [0.3, 0.4) is 0 Å². The molecule has 3 heteroatoms. The maximum atomic E-state index is 11.7. The molecule has 1 aliphatic carbocycles. The number of hydrogen-bond donors (Lipinski definition) is 0. The van der Waals surface area contributed by atoms with Crippen LogP contribution in [-0.2, 0) is 22.2 Å². The largest absolute Gasteiger partial charge is 0.545 e. The molecule has 0 aromatic heterocycles. The molecule has 0 spiro atoms. The molecule has 0 unspecified atom stereocenters. The fourth-order valence-electron chi connectivity index (χ4n) is 4.18. The highest BCUT2D eigenvalue weighted by atomic mass is 16.5. The van der Waals surface area contributed by atoms with Crippen molar-refractivity contribution in [2.24, 2.45) is 0 Å². The molecular formula is C23H27O3-. The zero-order valence-corrected chi connectivity index (χ0v) is 16.3. The lowest BCUT2D eigenvalue weighted by Crippen LogP contribution is -2.35. The van der Waals surface area contributed by atoms with E-state index in [4.69, 9.17) is 4.74 Å². The van der Waals surface area contributed by atoms with E-state index in [-0.39, 0.29) is 16.4 Å². The van der Waals surface area contributed by atoms with Crippen molar-refractivity contribution in [1.82, 2.24) is 0 Å². The molecule has 26 heavy (non-hydrogen) atoms. The number of methoxy groups -OCH3 is 1. The zero-order valence-electron chi connectivity index (χ0n) is 16.3. The first-order chi connectivity index (χ1) is 12.2. The van der Waals surface area contributed by atoms with Gasteiger partial charge in [0.25, 0.3) is 0 Å². The summed E-state index contributed by atoms with van der Waals surface area (Å²) in [6.45, 7) is 9.39. The summed E-state index contributed by atoms with van der Waals surface area (Å²) in [5, 5.41) is 11.7. The third-order valence-electron chi connectivity index (χ3n) is 5.76. The lowest BCUT2D eigenvalue weighted by molar-refractivity contribution is -0.255. The molecule has 0 bridgehead atoms. The number of benzene rings is 2. The van der Waals surface area contributed by atoms with Gasteiger partial charge in [0.2, 0.25) is 0 Å². The second kappa shape index (κ2) is 6.55. The molecule has 1 aliphatic rings. The van der Waals surface area contributed by atoms with E-state index in [0.29, 0.717) is 6.61 Å². The number of ether oxygens (including phenoxy) is 1. The van der Waals surface area contributed by atoms with E-state index < -0.39 is 5.97 Å². The van der Waals surface area contributed by atoms with Crippen molar-refractivity contribution in [2.75, 3.05) is 7.11 Å². The Morgan fingerprint density at radius 3 is 2.35 bits per heavy atom. The summed E-state index contributed by atoms with van der Waals surface area (Å²) in [7, 11) is 1.68. The first kappa shape index (κ1) is 18.7. The summed E-state index contributed by atoms with van der Waals surface area (Å²) in [6.07, 6.45) is 2.10. The fourth-order valence-corrected chi connectivity index (χ4v) is 4.18. The van der Waals surface area contributed by atoms with Crippen LogP contribution in [0, 0.1) is 0 Å². The van der Waals surface area contributed by atoms with Crippen molar-refractivity contribution in [3.8, 4) is 11.1 Å². The molecule has 2 aromatic carbocycles. The molecule has 0 radical (unpaired) electrons. The first-order valence-electron chi connectivity index (χ1n) is 9.15. The van der Waals surface area contributed by atoms with E-state index in [9.17, 15) is 9.90 Å². The van der Waals surface area contributed by atoms with Crippen LogP contribution in [-0.4, -0.2) is 13.1 Å². The number of hydrogen-bond acceptors (Lipinski definition) is 3. The van der Waals surface area contributed by atoms with E-state index in [1.807, 2.05) is 24.3 Å². The Balaban J connectivity index is 2.39. The average Bonchev–Trinajstić information content (AvgIpc) is 2.59. The normalized spacial score (nSPS) is 17.6. The maximum Gasteiger partial charge on any atom is 0.0719 e. The summed E-state index contributed by atoms with van der Waals surface area (Å²) in [6, 6.07) is 11.7. The van der Waals surface area contributed by atoms with Crippen LogP contribution in [0.2, 0.25) is 0 Å². The topological polar surface area (TPSA) is 49.4 Å². The van der Waals surface area contributed by atoms with Crippen LogP contribution in [0.4, 0.5) is 0 Å². The van der Waals surface area contributed by atoms with Gasteiger partial charge in [0.1, 0.15) is 0 Å². The minimum Gasteiger partial charge on any atom is -0.545 e. The Bertz CT molecular complexity index is 847. The highest BCUT2D eigenvalue weighted by Crippen LogP contribution is 2.50. The molecule has 0 atom stereocenters. The van der Waals surface area contributed by atoms with Crippen LogP contribution < -0.4 is 5.11 Å². The second-order valence-corrected chi connectivity index (χ2v) is 8.59. The molecule has 0 heterocycles. The molecule has 0 N–H and O–H groups in total. The summed E-state index contributed by atoms with van der Waals surface area (Å²) >= 11 is 0. The SMILES string of the molecule is COCc1ccccc1-c1cc(C(=O)[O-])cc2c1C(C)(C)CCC2(C)C. The van der Waals surface area contributed by atoms with Gasteiger partial charge in [-0.05, 0) is 69.2 Å². The highest BCUT2D eigenvalue weighted by Gasteiger charge is 2.39. The third kappa shape index (κ3) is 3.16. The van der Waals surface area contributed by atoms with E-state index in [2.05, 4.69) is 33.8 Å². The summed E-state index contributed by atoms with van der Waals surface area (Å²) < 4.78 is 5.38. The van der Waals surface area contributed by atoms with E-state index in [0.717, 1.165) is 35.1 Å². The van der Waals surface area contributed by atoms with Crippen molar-refractivity contribution in [1.29, 1.82) is 0 Å². The molecule has 0 saturated heterocycles. The Labute approximate surface area is 156 Å². The van der Waals surface area contributed by atoms with Crippen LogP contribution in [0.1, 0.15) is 67.6 Å². The Morgan fingerprint density at radius 1 is 1.04 bits per heavy atom. The third-order valence-corrected chi connectivity index (χ3v) is 5.76. The number of carboxylic acids is 1. The minimum atomic E-state index is -1.13. The summed E-state index contributed by atoms with van der Waals surface area (Å²) in [4.78, 5) is 11.7. The van der Waals surface area contributed by atoms with Gasteiger partial charge >= 0.3 is 0 Å². The summed E-state index contributed by atoms with van der Waals surface area (Å²) in [5.74, 6) is -1.13. The van der Waals surface area contributed by atoms with Crippen molar-refractivity contribution < 1.29 is 14.6 Å². The number of fused-ring (bicyclic) bond motifs is 1. The van der Waals surface area contributed by atoms with Gasteiger partial charge in [-0.3, -0.25) is 0 Å². The molecule has 0 fully saturated rings. The molecule has 0 saturated carbocycles. The lowest BCUT2D eigenvalue weighted by atomic mass is 9.61. The monoisotopic (exact) mass is 351 g/mol. The average molecular weight is 351 g/mol. The van der Waals surface area contributed by atoms with Crippen LogP contribution in [0.15, 0.2) is 36.4 Å². The quantitative estimate of drug-likeness (QED) is 0.829. The fraction of sp³-hybridized carbons (Fsp3) is 0.435. The number of carbonyl (C=O) groups excluding carboxylic acids is 1. The number of aromatic carboxylic acids is 1. The van der Waals surface area contributed by atoms with Gasteiger partial charge < -0.3 is 14.6 Å². The van der Waals surface area contributed by atoms with Gasteiger partial charge in [0.15, 0.2) is 0 Å². The van der Waals surface area contributed by atoms with Crippen molar-refractivity contribution in [3.05, 3.63) is 58.7 Å². The predicted molar refractivity (Wildman–Crippen MR) is 102 cm³/mol. The Kier molecular flexibility index (Phi) is 4.70. The van der Waals surface area contributed by atoms with Gasteiger partial charge in [-0.2, -0.15) is 0 Å². The van der Waals surface area contributed by atoms with Gasteiger partial charge in [0, 0.05) is 7.11 Å². The Morgan fingerprint density at radius 2 is 1.69 bits per heavy atom. The van der Waals surface area contributed by atoms with Gasteiger partial charge in [-0.15, -0.1) is 0 Å². The first-order valence-corrected chi connectivity index (χ1v) is 9.15. The van der Waals surface area contributed by atoms with Gasteiger partial charge in [-0.25, -0.2) is 0 Å². The maximum absolute atomic E-state index is 11.7. The number of carboxylic acid groups (broad SMARTS) is 1. The zero-order chi connectivity index (χ0) is 19.1. The Hall–Kier alpha value is -2.13. The predicted octanol–water partition coefficient (Wildman–Crippen LogP) is 4.21. The van der Waals surface area contributed by atoms with Crippen LogP contribution >= 0.6 is 0 Å².